The zero-order chi connectivity index (χ0) is 18.7. The van der Waals surface area contributed by atoms with Crippen LogP contribution in [-0.4, -0.2) is 49.1 Å². The number of oxazole rings is 1. The Morgan fingerprint density at radius 1 is 1.35 bits per heavy atom. The third-order valence-electron chi connectivity index (χ3n) is 4.71. The van der Waals surface area contributed by atoms with Gasteiger partial charge in [-0.2, -0.15) is 0 Å². The molecule has 0 spiro atoms. The highest BCUT2D eigenvalue weighted by molar-refractivity contribution is 5.82. The number of nitrogens with one attached hydrogen (secondary N) is 1. The first-order chi connectivity index (χ1) is 12.6. The number of aryl methyl sites for hydroxylation is 1. The number of hydrogen-bond acceptors (Lipinski definition) is 6. The van der Waals surface area contributed by atoms with Gasteiger partial charge < -0.3 is 19.2 Å². The van der Waals surface area contributed by atoms with Crippen LogP contribution in [0.5, 0.6) is 11.5 Å². The zero-order valence-electron chi connectivity index (χ0n) is 15.7. The molecule has 3 rings (SSSR count). The van der Waals surface area contributed by atoms with Crippen molar-refractivity contribution < 1.29 is 18.7 Å². The molecule has 1 saturated heterocycles. The van der Waals surface area contributed by atoms with Crippen LogP contribution < -0.4 is 14.8 Å². The number of ether oxygens (including phenoxy) is 2. The Kier molecular flexibility index (Phi) is 5.46. The fourth-order valence-corrected chi connectivity index (χ4v) is 3.33. The van der Waals surface area contributed by atoms with E-state index in [0.717, 1.165) is 30.0 Å². The van der Waals surface area contributed by atoms with Crippen molar-refractivity contribution in [2.45, 2.75) is 32.9 Å². The first kappa shape index (κ1) is 18.3. The first-order valence-electron chi connectivity index (χ1n) is 8.78. The molecule has 140 valence electrons. The third kappa shape index (κ3) is 3.39. The van der Waals surface area contributed by atoms with Gasteiger partial charge in [-0.05, 0) is 25.5 Å². The summed E-state index contributed by atoms with van der Waals surface area (Å²) in [6, 6.07) is 5.46. The molecule has 1 aliphatic heterocycles. The third-order valence-corrected chi connectivity index (χ3v) is 4.71. The minimum Gasteiger partial charge on any atom is -0.493 e. The lowest BCUT2D eigenvalue weighted by Crippen LogP contribution is -2.54. The molecule has 0 radical (unpaired) electrons. The van der Waals surface area contributed by atoms with Crippen LogP contribution in [0, 0.1) is 6.92 Å². The smallest absolute Gasteiger partial charge is 0.237 e. The largest absolute Gasteiger partial charge is 0.493 e. The molecule has 0 saturated carbocycles. The van der Waals surface area contributed by atoms with Gasteiger partial charge in [0.1, 0.15) is 5.76 Å². The molecule has 7 heteroatoms. The van der Waals surface area contributed by atoms with Crippen LogP contribution in [0.2, 0.25) is 0 Å². The molecule has 1 N–H and O–H groups in total. The zero-order valence-corrected chi connectivity index (χ0v) is 15.7. The Labute approximate surface area is 153 Å². The Bertz CT molecular complexity index is 787. The topological polar surface area (TPSA) is 76.8 Å². The molecule has 0 bridgehead atoms. The normalized spacial score (nSPS) is 17.8. The summed E-state index contributed by atoms with van der Waals surface area (Å²) in [6.45, 7) is 5.94. The molecule has 2 heterocycles. The van der Waals surface area contributed by atoms with E-state index in [9.17, 15) is 4.79 Å². The van der Waals surface area contributed by atoms with Gasteiger partial charge in [0.05, 0.1) is 31.5 Å². The van der Waals surface area contributed by atoms with E-state index in [1.807, 2.05) is 32.0 Å². The molecule has 1 fully saturated rings. The molecule has 1 atom stereocenters. The Hall–Kier alpha value is -2.54. The van der Waals surface area contributed by atoms with Gasteiger partial charge in [0.2, 0.25) is 11.8 Å². The number of methoxy groups -OCH3 is 2. The van der Waals surface area contributed by atoms with Crippen molar-refractivity contribution in [2.24, 2.45) is 0 Å². The Morgan fingerprint density at radius 2 is 2.15 bits per heavy atom. The minimum absolute atomic E-state index is 0.0783. The van der Waals surface area contributed by atoms with Gasteiger partial charge in [0, 0.05) is 19.6 Å². The maximum atomic E-state index is 12.1. The van der Waals surface area contributed by atoms with E-state index in [1.54, 1.807) is 14.2 Å². The summed E-state index contributed by atoms with van der Waals surface area (Å²) in [5, 5.41) is 2.92. The van der Waals surface area contributed by atoms with Crippen LogP contribution in [0.15, 0.2) is 22.6 Å². The second kappa shape index (κ2) is 7.78. The summed E-state index contributed by atoms with van der Waals surface area (Å²) < 4.78 is 16.7. The summed E-state index contributed by atoms with van der Waals surface area (Å²) in [4.78, 5) is 18.9. The van der Waals surface area contributed by atoms with Crippen molar-refractivity contribution in [1.29, 1.82) is 0 Å². The van der Waals surface area contributed by atoms with E-state index < -0.39 is 0 Å². The molecule has 26 heavy (non-hydrogen) atoms. The number of carbonyl (C=O) groups is 1. The number of rotatable bonds is 6. The quantitative estimate of drug-likeness (QED) is 0.853. The molecule has 0 aliphatic carbocycles. The number of carbonyl (C=O) groups excluding carboxylic acids is 1. The summed E-state index contributed by atoms with van der Waals surface area (Å²) in [5.41, 5.74) is 1.57. The molecule has 7 nitrogen and oxygen atoms in total. The number of aromatic nitrogens is 1. The predicted molar refractivity (Wildman–Crippen MR) is 97.3 cm³/mol. The van der Waals surface area contributed by atoms with Crippen molar-refractivity contribution >= 4 is 5.91 Å². The number of para-hydroxylation sites is 1. The van der Waals surface area contributed by atoms with Crippen LogP contribution >= 0.6 is 0 Å². The number of nitrogens with zero attached hydrogens (tertiary/aromatic N) is 2. The van der Waals surface area contributed by atoms with Crippen LogP contribution in [0.3, 0.4) is 0 Å². The number of hydrogen-bond donors (Lipinski definition) is 1. The van der Waals surface area contributed by atoms with E-state index in [-0.39, 0.29) is 11.9 Å². The van der Waals surface area contributed by atoms with Crippen LogP contribution in [0.25, 0.3) is 11.5 Å². The van der Waals surface area contributed by atoms with Crippen molar-refractivity contribution in [3.05, 3.63) is 29.7 Å². The lowest BCUT2D eigenvalue weighted by Gasteiger charge is -2.33. The second-order valence-corrected chi connectivity index (χ2v) is 6.25. The molecular weight excluding hydrogens is 334 g/mol. The molecule has 1 aliphatic rings. The van der Waals surface area contributed by atoms with Gasteiger partial charge in [-0.25, -0.2) is 4.98 Å². The van der Waals surface area contributed by atoms with E-state index in [0.29, 0.717) is 30.5 Å². The summed E-state index contributed by atoms with van der Waals surface area (Å²) in [7, 11) is 3.19. The van der Waals surface area contributed by atoms with E-state index in [1.165, 1.54) is 0 Å². The van der Waals surface area contributed by atoms with Crippen molar-refractivity contribution in [2.75, 3.05) is 27.3 Å². The lowest BCUT2D eigenvalue weighted by atomic mass is 10.1. The Balaban J connectivity index is 1.89. The van der Waals surface area contributed by atoms with Gasteiger partial charge >= 0.3 is 0 Å². The number of benzene rings is 1. The molecule has 1 aromatic heterocycles. The van der Waals surface area contributed by atoms with Gasteiger partial charge in [0.15, 0.2) is 11.5 Å². The average Bonchev–Trinajstić information content (AvgIpc) is 3.01. The van der Waals surface area contributed by atoms with E-state index in [4.69, 9.17) is 13.9 Å². The lowest BCUT2D eigenvalue weighted by molar-refractivity contribution is -0.129. The SMILES string of the molecule is CCC1C(=O)NCCN1Cc1nc(-c2cccc(OC)c2OC)oc1C. The first-order valence-corrected chi connectivity index (χ1v) is 8.78. The van der Waals surface area contributed by atoms with Gasteiger partial charge in [-0.15, -0.1) is 0 Å². The van der Waals surface area contributed by atoms with Crippen LogP contribution in [-0.2, 0) is 11.3 Å². The predicted octanol–water partition coefficient (Wildman–Crippen LogP) is 2.38. The molecule has 1 unspecified atom stereocenters. The minimum atomic E-state index is -0.130. The summed E-state index contributed by atoms with van der Waals surface area (Å²) in [6.07, 6.45) is 0.763. The van der Waals surface area contributed by atoms with Gasteiger partial charge in [-0.3, -0.25) is 9.69 Å². The van der Waals surface area contributed by atoms with Crippen LogP contribution in [0.4, 0.5) is 0 Å². The highest BCUT2D eigenvalue weighted by atomic mass is 16.5. The maximum absolute atomic E-state index is 12.1. The van der Waals surface area contributed by atoms with E-state index in [2.05, 4.69) is 15.2 Å². The maximum Gasteiger partial charge on any atom is 0.237 e. The fraction of sp³-hybridized carbons (Fsp3) is 0.474. The molecular formula is C19H25N3O4. The average molecular weight is 359 g/mol. The summed E-state index contributed by atoms with van der Waals surface area (Å²) >= 11 is 0. The highest BCUT2D eigenvalue weighted by Gasteiger charge is 2.29. The summed E-state index contributed by atoms with van der Waals surface area (Å²) in [5.74, 6) is 2.52. The molecule has 1 aromatic carbocycles. The van der Waals surface area contributed by atoms with Gasteiger partial charge in [-0.1, -0.05) is 13.0 Å². The van der Waals surface area contributed by atoms with E-state index >= 15 is 0 Å². The van der Waals surface area contributed by atoms with Crippen molar-refractivity contribution in [1.82, 2.24) is 15.2 Å². The number of amides is 1. The second-order valence-electron chi connectivity index (χ2n) is 6.25. The standard InChI is InChI=1S/C19H25N3O4/c1-5-15-18(23)20-9-10-22(15)11-14-12(2)26-19(21-14)13-7-6-8-16(24-3)17(13)25-4/h6-8,15H,5,9-11H2,1-4H3,(H,20,23). The number of piperazine rings is 1. The Morgan fingerprint density at radius 3 is 2.85 bits per heavy atom. The molecule has 2 aromatic rings. The highest BCUT2D eigenvalue weighted by Crippen LogP contribution is 2.38. The monoisotopic (exact) mass is 359 g/mol. The fourth-order valence-electron chi connectivity index (χ4n) is 3.33. The molecule has 1 amide bonds. The van der Waals surface area contributed by atoms with Gasteiger partial charge in [0.25, 0.3) is 0 Å². The van der Waals surface area contributed by atoms with Crippen molar-refractivity contribution in [3.8, 4) is 23.0 Å². The van der Waals surface area contributed by atoms with Crippen LogP contribution in [0.1, 0.15) is 24.8 Å². The van der Waals surface area contributed by atoms with Crippen molar-refractivity contribution in [3.63, 3.8) is 0 Å².